The second-order valence-corrected chi connectivity index (χ2v) is 14.0. The van der Waals surface area contributed by atoms with Crippen molar-refractivity contribution in [2.24, 2.45) is 0 Å². The molecular weight excluding hydrogens is 662 g/mol. The van der Waals surface area contributed by atoms with Gasteiger partial charge in [-0.05, 0) is 85.2 Å². The van der Waals surface area contributed by atoms with E-state index in [1.54, 1.807) is 12.4 Å². The van der Waals surface area contributed by atoms with Crippen LogP contribution >= 0.6 is 11.6 Å². The number of halogens is 1. The van der Waals surface area contributed by atoms with Crippen molar-refractivity contribution in [1.29, 1.82) is 0 Å². The topological polar surface area (TPSA) is 99.2 Å². The second kappa shape index (κ2) is 17.9. The number of aliphatic hydroxyl groups excluding tert-OH is 1. The van der Waals surface area contributed by atoms with Crippen LogP contribution in [0.5, 0.6) is 11.5 Å². The highest BCUT2D eigenvalue weighted by atomic mass is 35.5. The Bertz CT molecular complexity index is 1760. The monoisotopic (exact) mass is 711 g/mol. The van der Waals surface area contributed by atoms with Crippen LogP contribution in [0.1, 0.15) is 54.0 Å². The zero-order valence-corrected chi connectivity index (χ0v) is 30.6. The van der Waals surface area contributed by atoms with Crippen LogP contribution in [0.25, 0.3) is 11.1 Å². The standard InChI is InChI=1S/C41H50ClN5O4/c1-29-32(8-3-9-35(29)36-10-4-11-39-37(36)14-22-47(39)19-6-18-46-20-12-34(49)13-21-46)28-51-41-24-40(50-27-31-7-5-15-43-25-31)33(23-38(41)42)26-44-16-17-45-30(2)48/h3-5,7-11,15,23-25,34,44,49H,6,12-14,16-22,26-28H2,1-2H3,(H,45,48). The quantitative estimate of drug-likeness (QED) is 0.117. The number of carbonyl (C=O) groups excluding carboxylic acids is 1. The Balaban J connectivity index is 1.13. The molecule has 10 heteroatoms. The minimum absolute atomic E-state index is 0.0559. The molecule has 1 fully saturated rings. The van der Waals surface area contributed by atoms with Gasteiger partial charge in [-0.1, -0.05) is 48.0 Å². The van der Waals surface area contributed by atoms with Gasteiger partial charge in [0.05, 0.1) is 11.1 Å². The Morgan fingerprint density at radius 2 is 1.75 bits per heavy atom. The number of nitrogens with one attached hydrogen (secondary N) is 2. The van der Waals surface area contributed by atoms with Crippen molar-refractivity contribution in [2.75, 3.05) is 50.7 Å². The molecular formula is C41H50ClN5O4. The number of hydrogen-bond acceptors (Lipinski definition) is 8. The predicted octanol–water partition coefficient (Wildman–Crippen LogP) is 6.30. The molecule has 1 saturated heterocycles. The van der Waals surface area contributed by atoms with E-state index in [4.69, 9.17) is 21.1 Å². The molecule has 0 aliphatic carbocycles. The molecule has 6 rings (SSSR count). The van der Waals surface area contributed by atoms with Gasteiger partial charge in [0.25, 0.3) is 0 Å². The van der Waals surface area contributed by atoms with Gasteiger partial charge in [0.15, 0.2) is 0 Å². The number of pyridine rings is 1. The average molecular weight is 712 g/mol. The number of benzene rings is 3. The molecule has 0 saturated carbocycles. The first-order valence-electron chi connectivity index (χ1n) is 18.1. The number of rotatable bonds is 16. The van der Waals surface area contributed by atoms with E-state index < -0.39 is 0 Å². The summed E-state index contributed by atoms with van der Waals surface area (Å²) in [7, 11) is 0. The Labute approximate surface area is 306 Å². The third kappa shape index (κ3) is 9.80. The van der Waals surface area contributed by atoms with Gasteiger partial charge in [-0.3, -0.25) is 9.78 Å². The highest BCUT2D eigenvalue weighted by Crippen LogP contribution is 2.39. The van der Waals surface area contributed by atoms with Gasteiger partial charge in [0.1, 0.15) is 24.7 Å². The van der Waals surface area contributed by atoms with Crippen LogP contribution < -0.4 is 25.0 Å². The summed E-state index contributed by atoms with van der Waals surface area (Å²) < 4.78 is 12.7. The number of anilines is 1. The van der Waals surface area contributed by atoms with E-state index in [0.717, 1.165) is 75.1 Å². The van der Waals surface area contributed by atoms with Gasteiger partial charge in [0, 0.05) is 88.0 Å². The largest absolute Gasteiger partial charge is 0.488 e. The third-order valence-electron chi connectivity index (χ3n) is 9.93. The molecule has 0 unspecified atom stereocenters. The molecule has 9 nitrogen and oxygen atoms in total. The minimum Gasteiger partial charge on any atom is -0.488 e. The van der Waals surface area contributed by atoms with Gasteiger partial charge in [-0.25, -0.2) is 0 Å². The van der Waals surface area contributed by atoms with E-state index in [1.807, 2.05) is 24.3 Å². The lowest BCUT2D eigenvalue weighted by Gasteiger charge is -2.30. The van der Waals surface area contributed by atoms with Crippen LogP contribution in [0.3, 0.4) is 0 Å². The average Bonchev–Trinajstić information content (AvgIpc) is 3.55. The number of aromatic nitrogens is 1. The minimum atomic E-state index is -0.124. The fourth-order valence-electron chi connectivity index (χ4n) is 7.05. The Hall–Kier alpha value is -4.15. The number of aliphatic hydroxyl groups is 1. The number of hydrogen-bond donors (Lipinski definition) is 3. The maximum absolute atomic E-state index is 11.2. The fraction of sp³-hybridized carbons (Fsp3) is 0.415. The molecule has 1 aromatic heterocycles. The normalized spacial score (nSPS) is 14.8. The van der Waals surface area contributed by atoms with Crippen molar-refractivity contribution in [3.8, 4) is 22.6 Å². The number of piperidine rings is 1. The van der Waals surface area contributed by atoms with Crippen LogP contribution in [0.4, 0.5) is 5.69 Å². The summed E-state index contributed by atoms with van der Waals surface area (Å²) in [5.74, 6) is 1.18. The predicted molar refractivity (Wildman–Crippen MR) is 204 cm³/mol. The van der Waals surface area contributed by atoms with Crippen LogP contribution in [-0.2, 0) is 31.0 Å². The van der Waals surface area contributed by atoms with E-state index in [2.05, 4.69) is 68.7 Å². The molecule has 270 valence electrons. The molecule has 4 aromatic rings. The molecule has 3 heterocycles. The molecule has 0 atom stereocenters. The molecule has 3 N–H and O–H groups in total. The Kier molecular flexibility index (Phi) is 12.8. The maximum atomic E-state index is 11.2. The fourth-order valence-corrected chi connectivity index (χ4v) is 7.30. The molecule has 3 aromatic carbocycles. The third-order valence-corrected chi connectivity index (χ3v) is 10.2. The first kappa shape index (κ1) is 36.6. The van der Waals surface area contributed by atoms with Gasteiger partial charge >= 0.3 is 0 Å². The number of ether oxygens (including phenoxy) is 2. The van der Waals surface area contributed by atoms with Crippen molar-refractivity contribution < 1.29 is 19.4 Å². The summed E-state index contributed by atoms with van der Waals surface area (Å²) in [6.45, 7) is 11.2. The number of fused-ring (bicyclic) bond motifs is 1. The van der Waals surface area contributed by atoms with E-state index in [9.17, 15) is 9.90 Å². The smallest absolute Gasteiger partial charge is 0.216 e. The Morgan fingerprint density at radius 3 is 2.55 bits per heavy atom. The van der Waals surface area contributed by atoms with Crippen molar-refractivity contribution >= 4 is 23.2 Å². The number of nitrogens with zero attached hydrogens (tertiary/aromatic N) is 3. The molecule has 2 aliphatic heterocycles. The first-order chi connectivity index (χ1) is 24.9. The number of amides is 1. The van der Waals surface area contributed by atoms with Crippen LogP contribution in [0, 0.1) is 6.92 Å². The van der Waals surface area contributed by atoms with Crippen LogP contribution in [-0.4, -0.2) is 72.8 Å². The number of carbonyl (C=O) groups is 1. The molecule has 0 radical (unpaired) electrons. The van der Waals surface area contributed by atoms with E-state index >= 15 is 0 Å². The molecule has 51 heavy (non-hydrogen) atoms. The Morgan fingerprint density at radius 1 is 0.941 bits per heavy atom. The first-order valence-corrected chi connectivity index (χ1v) is 18.5. The van der Waals surface area contributed by atoms with Gasteiger partial charge in [0.2, 0.25) is 5.91 Å². The zero-order valence-electron chi connectivity index (χ0n) is 29.8. The summed E-state index contributed by atoms with van der Waals surface area (Å²) in [6.07, 6.45) is 7.35. The maximum Gasteiger partial charge on any atom is 0.216 e. The van der Waals surface area contributed by atoms with E-state index in [-0.39, 0.29) is 12.0 Å². The van der Waals surface area contributed by atoms with Crippen molar-refractivity contribution in [3.05, 3.63) is 106 Å². The van der Waals surface area contributed by atoms with Crippen LogP contribution in [0.2, 0.25) is 5.02 Å². The highest BCUT2D eigenvalue weighted by molar-refractivity contribution is 6.32. The van der Waals surface area contributed by atoms with Gasteiger partial charge in [-0.2, -0.15) is 0 Å². The highest BCUT2D eigenvalue weighted by Gasteiger charge is 2.24. The van der Waals surface area contributed by atoms with E-state index in [0.29, 0.717) is 49.4 Å². The lowest BCUT2D eigenvalue weighted by atomic mass is 9.92. The summed E-state index contributed by atoms with van der Waals surface area (Å²) in [5, 5.41) is 16.5. The summed E-state index contributed by atoms with van der Waals surface area (Å²) >= 11 is 6.80. The summed E-state index contributed by atoms with van der Waals surface area (Å²) in [4.78, 5) is 20.5. The molecule has 2 aliphatic rings. The van der Waals surface area contributed by atoms with E-state index in [1.165, 1.54) is 34.9 Å². The number of likely N-dealkylation sites (tertiary alicyclic amines) is 1. The lowest BCUT2D eigenvalue weighted by molar-refractivity contribution is -0.118. The summed E-state index contributed by atoms with van der Waals surface area (Å²) in [6, 6.07) is 20.8. The van der Waals surface area contributed by atoms with Crippen molar-refractivity contribution in [1.82, 2.24) is 20.5 Å². The van der Waals surface area contributed by atoms with Crippen molar-refractivity contribution in [3.63, 3.8) is 0 Å². The van der Waals surface area contributed by atoms with Crippen molar-refractivity contribution in [2.45, 2.75) is 65.4 Å². The van der Waals surface area contributed by atoms with Gasteiger partial charge in [-0.15, -0.1) is 0 Å². The second-order valence-electron chi connectivity index (χ2n) is 13.5. The molecule has 1 amide bonds. The summed E-state index contributed by atoms with van der Waals surface area (Å²) in [5.41, 5.74) is 9.44. The lowest BCUT2D eigenvalue weighted by Crippen LogP contribution is -2.37. The molecule has 0 spiro atoms. The van der Waals surface area contributed by atoms with Crippen LogP contribution in [0.15, 0.2) is 73.1 Å². The van der Waals surface area contributed by atoms with Gasteiger partial charge < -0.3 is 35.0 Å². The zero-order chi connectivity index (χ0) is 35.6. The molecule has 0 bridgehead atoms. The SMILES string of the molecule is CC(=O)NCCNCc1cc(Cl)c(OCc2cccc(-c3cccc4c3CCN4CCCN3CCC(O)CC3)c2C)cc1OCc1cccnc1.